The van der Waals surface area contributed by atoms with Crippen molar-refractivity contribution < 1.29 is 13.9 Å². The van der Waals surface area contributed by atoms with Crippen molar-refractivity contribution in [2.45, 2.75) is 19.3 Å². The second kappa shape index (κ2) is 13.2. The van der Waals surface area contributed by atoms with E-state index in [1.54, 1.807) is 37.1 Å². The predicted molar refractivity (Wildman–Crippen MR) is 178 cm³/mol. The van der Waals surface area contributed by atoms with Crippen LogP contribution in [0.4, 0.5) is 10.1 Å². The maximum absolute atomic E-state index is 14.7. The van der Waals surface area contributed by atoms with E-state index >= 15 is 0 Å². The van der Waals surface area contributed by atoms with Crippen LogP contribution in [0.5, 0.6) is 5.75 Å². The standard InChI is InChI=1S/C34H35FN10O2/c1-45(2)7-8-47-25-12-21(10-23(35)13-25)27-17-38-18-30-32(27)42-34(41-30)33-26-14-28(39-19-29(26)43-44-33)22-11-24(16-37-15-22)40-31(46)9-20-3-5-36-6-4-20/h10-20,36H,3-9H2,1-2H3,(H,40,46)(H,41,42)(H,43,44). The number of rotatable bonds is 10. The van der Waals surface area contributed by atoms with E-state index in [2.05, 4.69) is 40.8 Å². The van der Waals surface area contributed by atoms with Gasteiger partial charge in [0.1, 0.15) is 23.9 Å². The molecular formula is C34H35FN10O2. The Labute approximate surface area is 270 Å². The summed E-state index contributed by atoms with van der Waals surface area (Å²) in [5.41, 5.74) is 5.94. The lowest BCUT2D eigenvalue weighted by atomic mass is 9.94. The van der Waals surface area contributed by atoms with Crippen molar-refractivity contribution in [3.8, 4) is 39.7 Å². The summed E-state index contributed by atoms with van der Waals surface area (Å²) < 4.78 is 20.5. The minimum absolute atomic E-state index is 0.0126. The maximum atomic E-state index is 14.7. The average molecular weight is 635 g/mol. The molecule has 1 fully saturated rings. The van der Waals surface area contributed by atoms with Gasteiger partial charge in [-0.2, -0.15) is 5.10 Å². The first kappa shape index (κ1) is 30.4. The van der Waals surface area contributed by atoms with Crippen LogP contribution in [0.15, 0.2) is 61.3 Å². The molecule has 7 rings (SSSR count). The van der Waals surface area contributed by atoms with Crippen LogP contribution in [0.3, 0.4) is 0 Å². The normalized spacial score (nSPS) is 13.9. The summed E-state index contributed by atoms with van der Waals surface area (Å²) in [5.74, 6) is 0.927. The number of H-pyrrole nitrogens is 2. The summed E-state index contributed by atoms with van der Waals surface area (Å²) in [6.07, 6.45) is 10.9. The highest BCUT2D eigenvalue weighted by atomic mass is 19.1. The van der Waals surface area contributed by atoms with Gasteiger partial charge in [0.25, 0.3) is 0 Å². The minimum Gasteiger partial charge on any atom is -0.492 e. The van der Waals surface area contributed by atoms with Crippen LogP contribution in [-0.2, 0) is 4.79 Å². The van der Waals surface area contributed by atoms with Gasteiger partial charge >= 0.3 is 0 Å². The van der Waals surface area contributed by atoms with Gasteiger partial charge in [0, 0.05) is 47.9 Å². The van der Waals surface area contributed by atoms with Crippen molar-refractivity contribution in [3.63, 3.8) is 0 Å². The number of imidazole rings is 1. The monoisotopic (exact) mass is 634 g/mol. The molecule has 4 N–H and O–H groups in total. The molecule has 1 aromatic carbocycles. The zero-order valence-corrected chi connectivity index (χ0v) is 26.2. The largest absolute Gasteiger partial charge is 0.492 e. The molecule has 1 amide bonds. The number of ether oxygens (including phenoxy) is 1. The molecule has 1 aliphatic rings. The topological polar surface area (TPSA) is 150 Å². The van der Waals surface area contributed by atoms with Gasteiger partial charge in [-0.1, -0.05) is 0 Å². The number of halogens is 1. The number of hydrogen-bond acceptors (Lipinski definition) is 9. The Morgan fingerprint density at radius 1 is 1.00 bits per heavy atom. The van der Waals surface area contributed by atoms with E-state index in [-0.39, 0.29) is 5.91 Å². The molecule has 0 saturated carbocycles. The quantitative estimate of drug-likeness (QED) is 0.163. The van der Waals surface area contributed by atoms with E-state index in [1.807, 2.05) is 31.1 Å². The third-order valence-electron chi connectivity index (χ3n) is 8.31. The number of fused-ring (bicyclic) bond motifs is 2. The number of carbonyl (C=O) groups is 1. The van der Waals surface area contributed by atoms with Gasteiger partial charge in [-0.3, -0.25) is 24.8 Å². The molecule has 0 spiro atoms. The first-order chi connectivity index (χ1) is 22.9. The molecule has 0 aliphatic carbocycles. The van der Waals surface area contributed by atoms with E-state index in [9.17, 15) is 9.18 Å². The lowest BCUT2D eigenvalue weighted by molar-refractivity contribution is -0.117. The van der Waals surface area contributed by atoms with Gasteiger partial charge in [0.15, 0.2) is 5.82 Å². The van der Waals surface area contributed by atoms with Crippen LogP contribution in [0.25, 0.3) is 55.8 Å². The fourth-order valence-corrected chi connectivity index (χ4v) is 5.87. The Balaban J connectivity index is 1.16. The number of benzene rings is 1. The molecule has 47 heavy (non-hydrogen) atoms. The number of piperidine rings is 1. The van der Waals surface area contributed by atoms with Gasteiger partial charge in [-0.15, -0.1) is 0 Å². The molecule has 1 aliphatic heterocycles. The second-order valence-electron chi connectivity index (χ2n) is 12.1. The van der Waals surface area contributed by atoms with Gasteiger partial charge in [-0.25, -0.2) is 9.37 Å². The number of nitrogens with one attached hydrogen (secondary N) is 4. The van der Waals surface area contributed by atoms with Gasteiger partial charge in [0.2, 0.25) is 5.91 Å². The van der Waals surface area contributed by atoms with Gasteiger partial charge in [-0.05, 0) is 75.8 Å². The highest BCUT2D eigenvalue weighted by Crippen LogP contribution is 2.34. The lowest BCUT2D eigenvalue weighted by Crippen LogP contribution is -2.30. The summed E-state index contributed by atoms with van der Waals surface area (Å²) in [4.78, 5) is 36.3. The van der Waals surface area contributed by atoms with Gasteiger partial charge in [0.05, 0.1) is 46.5 Å². The first-order valence-corrected chi connectivity index (χ1v) is 15.6. The van der Waals surface area contributed by atoms with Crippen molar-refractivity contribution in [2.24, 2.45) is 5.92 Å². The fourth-order valence-electron chi connectivity index (χ4n) is 5.87. The molecule has 240 valence electrons. The molecule has 0 atom stereocenters. The molecule has 12 nitrogen and oxygen atoms in total. The zero-order chi connectivity index (χ0) is 32.3. The van der Waals surface area contributed by atoms with Gasteiger partial charge < -0.3 is 25.3 Å². The lowest BCUT2D eigenvalue weighted by Gasteiger charge is -2.21. The van der Waals surface area contributed by atoms with Crippen molar-refractivity contribution in [1.82, 2.24) is 45.3 Å². The fraction of sp³-hybridized carbons (Fsp3) is 0.294. The highest BCUT2D eigenvalue weighted by molar-refractivity contribution is 5.97. The van der Waals surface area contributed by atoms with Crippen molar-refractivity contribution >= 4 is 33.5 Å². The molecule has 1 saturated heterocycles. The molecule has 0 bridgehead atoms. The SMILES string of the molecule is CN(C)CCOc1cc(F)cc(-c2cncc3[nH]c(-c4n[nH]c5cnc(-c6cncc(NC(=O)CC7CCNCC7)c6)cc45)nc23)c1. The zero-order valence-electron chi connectivity index (χ0n) is 26.2. The number of nitrogens with zero attached hydrogens (tertiary/aromatic N) is 6. The summed E-state index contributed by atoms with van der Waals surface area (Å²) >= 11 is 0. The molecule has 6 aromatic rings. The Bertz CT molecular complexity index is 2050. The third-order valence-corrected chi connectivity index (χ3v) is 8.31. The highest BCUT2D eigenvalue weighted by Gasteiger charge is 2.19. The molecule has 5 aromatic heterocycles. The van der Waals surface area contributed by atoms with Crippen LogP contribution in [0.2, 0.25) is 0 Å². The summed E-state index contributed by atoms with van der Waals surface area (Å²) in [6.45, 7) is 3.04. The van der Waals surface area contributed by atoms with Crippen molar-refractivity contribution in [2.75, 3.05) is 45.7 Å². The van der Waals surface area contributed by atoms with Crippen molar-refractivity contribution in [3.05, 3.63) is 67.1 Å². The average Bonchev–Trinajstić information content (AvgIpc) is 3.69. The van der Waals surface area contributed by atoms with Crippen LogP contribution in [0.1, 0.15) is 19.3 Å². The Kier molecular flexibility index (Phi) is 8.55. The molecule has 0 radical (unpaired) electrons. The van der Waals surface area contributed by atoms with Crippen LogP contribution in [-0.4, -0.2) is 86.3 Å². The minimum atomic E-state index is -0.409. The second-order valence-corrected chi connectivity index (χ2v) is 12.1. The number of amides is 1. The number of likely N-dealkylation sites (N-methyl/N-ethyl adjacent to an activating group) is 1. The summed E-state index contributed by atoms with van der Waals surface area (Å²) in [6, 6.07) is 8.41. The van der Waals surface area contributed by atoms with E-state index in [0.717, 1.165) is 42.4 Å². The number of aromatic amines is 2. The number of anilines is 1. The Morgan fingerprint density at radius 2 is 1.85 bits per heavy atom. The van der Waals surface area contributed by atoms with Crippen LogP contribution in [0, 0.1) is 11.7 Å². The number of hydrogen-bond donors (Lipinski definition) is 4. The molecule has 13 heteroatoms. The summed E-state index contributed by atoms with van der Waals surface area (Å²) in [5, 5.41) is 14.7. The van der Waals surface area contributed by atoms with E-state index < -0.39 is 5.82 Å². The number of carbonyl (C=O) groups excluding carboxylic acids is 1. The Morgan fingerprint density at radius 3 is 2.70 bits per heavy atom. The number of aromatic nitrogens is 7. The smallest absolute Gasteiger partial charge is 0.224 e. The molecule has 6 heterocycles. The van der Waals surface area contributed by atoms with Crippen molar-refractivity contribution in [1.29, 1.82) is 0 Å². The van der Waals surface area contributed by atoms with E-state index in [1.165, 1.54) is 12.1 Å². The predicted octanol–water partition coefficient (Wildman–Crippen LogP) is 5.03. The third kappa shape index (κ3) is 6.81. The molecular weight excluding hydrogens is 599 g/mol. The van der Waals surface area contributed by atoms with E-state index in [4.69, 9.17) is 9.72 Å². The molecule has 0 unspecified atom stereocenters. The summed E-state index contributed by atoms with van der Waals surface area (Å²) in [7, 11) is 3.91. The maximum Gasteiger partial charge on any atom is 0.224 e. The number of pyridine rings is 3. The van der Waals surface area contributed by atoms with E-state index in [0.29, 0.717) is 76.3 Å². The first-order valence-electron chi connectivity index (χ1n) is 15.6. The van der Waals surface area contributed by atoms with Crippen LogP contribution < -0.4 is 15.4 Å². The van der Waals surface area contributed by atoms with Crippen LogP contribution >= 0.6 is 0 Å². The Hall–Kier alpha value is -5.27.